The van der Waals surface area contributed by atoms with Gasteiger partial charge in [0, 0.05) is 5.56 Å². The number of phenolic OH excluding ortho intramolecular Hbond substituents is 1. The van der Waals surface area contributed by atoms with Gasteiger partial charge in [-0.05, 0) is 37.3 Å². The number of ether oxygens (including phenoxy) is 2. The van der Waals surface area contributed by atoms with Gasteiger partial charge in [0.2, 0.25) is 0 Å². The standard InChI is InChI=1S/C22H34O3/c23-22-15-9-10-18(16-24-19-11-5-1-2-6-12-19)21(22)17-25-20-13-7-3-4-8-14-20/h9-10,15,19-20,23H,1-8,11-14,16-17H2. The summed E-state index contributed by atoms with van der Waals surface area (Å²) in [4.78, 5) is 0. The van der Waals surface area contributed by atoms with Gasteiger partial charge in [0.15, 0.2) is 0 Å². The quantitative estimate of drug-likeness (QED) is 0.655. The number of benzene rings is 1. The molecule has 0 unspecified atom stereocenters. The molecule has 2 aliphatic rings. The first-order valence-corrected chi connectivity index (χ1v) is 10.4. The van der Waals surface area contributed by atoms with Crippen LogP contribution in [0.1, 0.15) is 88.2 Å². The van der Waals surface area contributed by atoms with E-state index in [1.54, 1.807) is 6.07 Å². The lowest BCUT2D eigenvalue weighted by Gasteiger charge is -2.20. The van der Waals surface area contributed by atoms with E-state index in [1.807, 2.05) is 6.07 Å². The van der Waals surface area contributed by atoms with E-state index in [1.165, 1.54) is 64.2 Å². The van der Waals surface area contributed by atoms with E-state index >= 15 is 0 Å². The van der Waals surface area contributed by atoms with E-state index in [0.717, 1.165) is 24.0 Å². The molecule has 1 N–H and O–H groups in total. The lowest BCUT2D eigenvalue weighted by Crippen LogP contribution is -2.14. The number of rotatable bonds is 6. The fourth-order valence-corrected chi connectivity index (χ4v) is 4.15. The molecule has 0 aromatic heterocycles. The Hall–Kier alpha value is -1.06. The van der Waals surface area contributed by atoms with Gasteiger partial charge in [-0.15, -0.1) is 0 Å². The molecule has 0 bridgehead atoms. The largest absolute Gasteiger partial charge is 0.508 e. The van der Waals surface area contributed by atoms with Crippen LogP contribution >= 0.6 is 0 Å². The Kier molecular flexibility index (Phi) is 7.62. The molecule has 0 atom stereocenters. The zero-order valence-electron chi connectivity index (χ0n) is 15.5. The second kappa shape index (κ2) is 10.2. The van der Waals surface area contributed by atoms with Crippen LogP contribution in [-0.2, 0) is 22.7 Å². The summed E-state index contributed by atoms with van der Waals surface area (Å²) < 4.78 is 12.4. The van der Waals surface area contributed by atoms with Gasteiger partial charge in [-0.2, -0.15) is 0 Å². The van der Waals surface area contributed by atoms with Crippen molar-refractivity contribution >= 4 is 0 Å². The van der Waals surface area contributed by atoms with E-state index in [2.05, 4.69) is 6.07 Å². The van der Waals surface area contributed by atoms with Crippen LogP contribution < -0.4 is 0 Å². The molecule has 0 radical (unpaired) electrons. The van der Waals surface area contributed by atoms with Crippen molar-refractivity contribution in [3.63, 3.8) is 0 Å². The van der Waals surface area contributed by atoms with Gasteiger partial charge in [0.1, 0.15) is 5.75 Å². The van der Waals surface area contributed by atoms with Crippen LogP contribution in [0.25, 0.3) is 0 Å². The zero-order valence-corrected chi connectivity index (χ0v) is 15.5. The molecule has 0 heterocycles. The Labute approximate surface area is 152 Å². The van der Waals surface area contributed by atoms with Crippen LogP contribution in [0.2, 0.25) is 0 Å². The van der Waals surface area contributed by atoms with Gasteiger partial charge in [-0.1, -0.05) is 63.5 Å². The average Bonchev–Trinajstić information content (AvgIpc) is 3.04. The second-order valence-corrected chi connectivity index (χ2v) is 7.76. The highest BCUT2D eigenvalue weighted by Crippen LogP contribution is 2.27. The van der Waals surface area contributed by atoms with Gasteiger partial charge >= 0.3 is 0 Å². The molecular weight excluding hydrogens is 312 g/mol. The van der Waals surface area contributed by atoms with Crippen LogP contribution in [0.4, 0.5) is 0 Å². The third-order valence-electron chi connectivity index (χ3n) is 5.79. The molecular formula is C22H34O3. The van der Waals surface area contributed by atoms with Crippen molar-refractivity contribution in [3.8, 4) is 5.75 Å². The number of phenols is 1. The van der Waals surface area contributed by atoms with Crippen molar-refractivity contribution in [1.29, 1.82) is 0 Å². The van der Waals surface area contributed by atoms with Crippen LogP contribution in [0.3, 0.4) is 0 Å². The molecule has 25 heavy (non-hydrogen) atoms. The van der Waals surface area contributed by atoms with E-state index < -0.39 is 0 Å². The summed E-state index contributed by atoms with van der Waals surface area (Å²) in [6.45, 7) is 1.09. The molecule has 3 heteroatoms. The van der Waals surface area contributed by atoms with Gasteiger partial charge in [-0.3, -0.25) is 0 Å². The first-order valence-electron chi connectivity index (χ1n) is 10.4. The summed E-state index contributed by atoms with van der Waals surface area (Å²) in [7, 11) is 0. The first kappa shape index (κ1) is 18.7. The van der Waals surface area contributed by atoms with E-state index in [0.29, 0.717) is 31.2 Å². The summed E-state index contributed by atoms with van der Waals surface area (Å²) in [5.74, 6) is 0.343. The number of hydrogen-bond donors (Lipinski definition) is 1. The Balaban J connectivity index is 1.56. The average molecular weight is 347 g/mol. The van der Waals surface area contributed by atoms with Gasteiger partial charge in [0.05, 0.1) is 25.4 Å². The molecule has 2 fully saturated rings. The normalized spacial score (nSPS) is 21.0. The van der Waals surface area contributed by atoms with Crippen molar-refractivity contribution in [2.45, 2.75) is 102 Å². The minimum absolute atomic E-state index is 0.343. The molecule has 0 aliphatic heterocycles. The highest BCUT2D eigenvalue weighted by Gasteiger charge is 2.17. The van der Waals surface area contributed by atoms with E-state index in [4.69, 9.17) is 9.47 Å². The maximum Gasteiger partial charge on any atom is 0.121 e. The maximum absolute atomic E-state index is 10.3. The lowest BCUT2D eigenvalue weighted by molar-refractivity contribution is 0.0199. The molecule has 0 amide bonds. The number of hydrogen-bond acceptors (Lipinski definition) is 3. The molecule has 0 spiro atoms. The summed E-state index contributed by atoms with van der Waals surface area (Å²) in [5.41, 5.74) is 2.00. The van der Waals surface area contributed by atoms with E-state index in [-0.39, 0.29) is 0 Å². The second-order valence-electron chi connectivity index (χ2n) is 7.76. The zero-order chi connectivity index (χ0) is 17.3. The SMILES string of the molecule is Oc1cccc(COC2CCCCCC2)c1COC1CCCCCC1. The van der Waals surface area contributed by atoms with Crippen LogP contribution in [0, 0.1) is 0 Å². The van der Waals surface area contributed by atoms with Crippen molar-refractivity contribution in [3.05, 3.63) is 29.3 Å². The monoisotopic (exact) mass is 346 g/mol. The van der Waals surface area contributed by atoms with Crippen LogP contribution in [0.15, 0.2) is 18.2 Å². The summed E-state index contributed by atoms with van der Waals surface area (Å²) in [6, 6.07) is 5.75. The Morgan fingerprint density at radius 1 is 0.720 bits per heavy atom. The third-order valence-corrected chi connectivity index (χ3v) is 5.79. The lowest BCUT2D eigenvalue weighted by atomic mass is 10.1. The van der Waals surface area contributed by atoms with Crippen molar-refractivity contribution in [2.24, 2.45) is 0 Å². The Bertz CT molecular complexity index is 498. The predicted molar refractivity (Wildman–Crippen MR) is 101 cm³/mol. The predicted octanol–water partition coefficient (Wildman–Crippen LogP) is 5.87. The van der Waals surface area contributed by atoms with Crippen LogP contribution in [-0.4, -0.2) is 17.3 Å². The fourth-order valence-electron chi connectivity index (χ4n) is 4.15. The highest BCUT2D eigenvalue weighted by atomic mass is 16.5. The molecule has 1 aromatic rings. The van der Waals surface area contributed by atoms with Gasteiger partial charge in [0.25, 0.3) is 0 Å². The third kappa shape index (κ3) is 6.00. The highest BCUT2D eigenvalue weighted by molar-refractivity contribution is 5.38. The van der Waals surface area contributed by atoms with Crippen LogP contribution in [0.5, 0.6) is 5.75 Å². The fraction of sp³-hybridized carbons (Fsp3) is 0.727. The summed E-state index contributed by atoms with van der Waals surface area (Å²) in [6.07, 6.45) is 15.8. The van der Waals surface area contributed by atoms with Crippen molar-refractivity contribution < 1.29 is 14.6 Å². The van der Waals surface area contributed by atoms with Crippen molar-refractivity contribution in [1.82, 2.24) is 0 Å². The first-order chi connectivity index (χ1) is 12.3. The molecule has 2 saturated carbocycles. The Morgan fingerprint density at radius 3 is 1.80 bits per heavy atom. The minimum atomic E-state index is 0.343. The topological polar surface area (TPSA) is 38.7 Å². The molecule has 3 rings (SSSR count). The van der Waals surface area contributed by atoms with Gasteiger partial charge < -0.3 is 14.6 Å². The molecule has 140 valence electrons. The number of aromatic hydroxyl groups is 1. The van der Waals surface area contributed by atoms with Gasteiger partial charge in [-0.25, -0.2) is 0 Å². The van der Waals surface area contributed by atoms with E-state index in [9.17, 15) is 5.11 Å². The molecule has 2 aliphatic carbocycles. The summed E-state index contributed by atoms with van der Waals surface area (Å²) in [5, 5.41) is 10.3. The van der Waals surface area contributed by atoms with Crippen molar-refractivity contribution in [2.75, 3.05) is 0 Å². The maximum atomic E-state index is 10.3. The minimum Gasteiger partial charge on any atom is -0.508 e. The molecule has 3 nitrogen and oxygen atoms in total. The molecule has 1 aromatic carbocycles. The molecule has 0 saturated heterocycles. The summed E-state index contributed by atoms with van der Waals surface area (Å²) >= 11 is 0. The smallest absolute Gasteiger partial charge is 0.121 e. The Morgan fingerprint density at radius 2 is 1.24 bits per heavy atom.